The van der Waals surface area contributed by atoms with Gasteiger partial charge in [-0.15, -0.1) is 0 Å². The van der Waals surface area contributed by atoms with Gasteiger partial charge in [0.15, 0.2) is 0 Å². The summed E-state index contributed by atoms with van der Waals surface area (Å²) in [7, 11) is 3.74. The maximum Gasteiger partial charge on any atom is 0.109 e. The number of imidazole rings is 1. The van der Waals surface area contributed by atoms with E-state index in [-0.39, 0.29) is 6.10 Å². The molecule has 1 rings (SSSR count). The molecule has 0 saturated heterocycles. The predicted molar refractivity (Wildman–Crippen MR) is 56.3 cm³/mol. The van der Waals surface area contributed by atoms with Gasteiger partial charge in [0.05, 0.1) is 6.10 Å². The monoisotopic (exact) mass is 197 g/mol. The molecule has 0 amide bonds. The number of aromatic nitrogens is 2. The van der Waals surface area contributed by atoms with Crippen molar-refractivity contribution in [2.45, 2.75) is 19.4 Å². The Morgan fingerprint density at radius 2 is 2.43 bits per heavy atom. The van der Waals surface area contributed by atoms with Crippen molar-refractivity contribution in [1.82, 2.24) is 14.9 Å². The van der Waals surface area contributed by atoms with Gasteiger partial charge in [-0.2, -0.15) is 0 Å². The fraction of sp³-hybridized carbons (Fsp3) is 0.700. The predicted octanol–water partition coefficient (Wildman–Crippen LogP) is 0.587. The Kier molecular flexibility index (Phi) is 4.62. The van der Waals surface area contributed by atoms with Crippen molar-refractivity contribution in [3.8, 4) is 0 Å². The molecule has 0 spiro atoms. The average molecular weight is 197 g/mol. The Morgan fingerprint density at radius 1 is 1.64 bits per heavy atom. The van der Waals surface area contributed by atoms with Crippen molar-refractivity contribution in [2.75, 3.05) is 20.2 Å². The van der Waals surface area contributed by atoms with Crippen molar-refractivity contribution in [3.05, 3.63) is 18.2 Å². The first kappa shape index (κ1) is 11.2. The second-order valence-electron chi connectivity index (χ2n) is 3.45. The highest BCUT2D eigenvalue weighted by Gasteiger charge is 2.00. The van der Waals surface area contributed by atoms with E-state index in [1.54, 1.807) is 7.11 Å². The van der Waals surface area contributed by atoms with Gasteiger partial charge in [0, 0.05) is 46.1 Å². The van der Waals surface area contributed by atoms with Crippen LogP contribution in [0.2, 0.25) is 0 Å². The summed E-state index contributed by atoms with van der Waals surface area (Å²) in [5.41, 5.74) is 0. The molecule has 1 unspecified atom stereocenters. The molecule has 0 radical (unpaired) electrons. The zero-order valence-electron chi connectivity index (χ0n) is 9.16. The molecule has 0 aliphatic carbocycles. The lowest BCUT2D eigenvalue weighted by Crippen LogP contribution is -2.28. The second kappa shape index (κ2) is 5.78. The first-order valence-corrected chi connectivity index (χ1v) is 4.93. The molecule has 1 atom stereocenters. The van der Waals surface area contributed by atoms with E-state index in [0.717, 1.165) is 25.3 Å². The third-order valence-corrected chi connectivity index (χ3v) is 2.28. The first-order valence-electron chi connectivity index (χ1n) is 4.93. The molecule has 0 bridgehead atoms. The molecule has 0 aliphatic rings. The Bertz CT molecular complexity index is 260. The smallest absolute Gasteiger partial charge is 0.109 e. The topological polar surface area (TPSA) is 39.1 Å². The van der Waals surface area contributed by atoms with Crippen LogP contribution in [-0.4, -0.2) is 35.9 Å². The van der Waals surface area contributed by atoms with Crippen LogP contribution in [0.25, 0.3) is 0 Å². The number of rotatable bonds is 6. The van der Waals surface area contributed by atoms with Gasteiger partial charge in [-0.05, 0) is 6.92 Å². The van der Waals surface area contributed by atoms with Crippen molar-refractivity contribution in [1.29, 1.82) is 0 Å². The van der Waals surface area contributed by atoms with Gasteiger partial charge in [-0.1, -0.05) is 0 Å². The second-order valence-corrected chi connectivity index (χ2v) is 3.45. The van der Waals surface area contributed by atoms with E-state index in [1.165, 1.54) is 0 Å². The summed E-state index contributed by atoms with van der Waals surface area (Å²) in [4.78, 5) is 4.24. The molecule has 1 heterocycles. The van der Waals surface area contributed by atoms with Crippen LogP contribution in [0.15, 0.2) is 12.4 Å². The Balaban J connectivity index is 2.13. The minimum absolute atomic E-state index is 0.274. The number of nitrogens with zero attached hydrogens (tertiary/aromatic N) is 2. The molecule has 1 aromatic rings. The van der Waals surface area contributed by atoms with Crippen LogP contribution in [0.4, 0.5) is 0 Å². The van der Waals surface area contributed by atoms with Crippen LogP contribution in [0.1, 0.15) is 12.7 Å². The summed E-state index contributed by atoms with van der Waals surface area (Å²) in [5, 5.41) is 3.32. The zero-order chi connectivity index (χ0) is 10.4. The molecule has 1 N–H and O–H groups in total. The largest absolute Gasteiger partial charge is 0.380 e. The number of nitrogens with one attached hydrogen (secondary N) is 1. The number of hydrogen-bond donors (Lipinski definition) is 1. The van der Waals surface area contributed by atoms with Gasteiger partial charge in [0.1, 0.15) is 5.82 Å². The van der Waals surface area contributed by atoms with Crippen LogP contribution >= 0.6 is 0 Å². The van der Waals surface area contributed by atoms with Crippen LogP contribution in [0.3, 0.4) is 0 Å². The molecule has 0 saturated carbocycles. The Labute approximate surface area is 85.3 Å². The maximum atomic E-state index is 5.13. The van der Waals surface area contributed by atoms with Crippen molar-refractivity contribution >= 4 is 0 Å². The van der Waals surface area contributed by atoms with E-state index in [0.29, 0.717) is 0 Å². The van der Waals surface area contributed by atoms with Crippen molar-refractivity contribution in [2.24, 2.45) is 7.05 Å². The first-order chi connectivity index (χ1) is 6.74. The van der Waals surface area contributed by atoms with Crippen molar-refractivity contribution in [3.63, 3.8) is 0 Å². The van der Waals surface area contributed by atoms with E-state index in [1.807, 2.05) is 30.9 Å². The molecule has 14 heavy (non-hydrogen) atoms. The summed E-state index contributed by atoms with van der Waals surface area (Å²) < 4.78 is 7.17. The van der Waals surface area contributed by atoms with Gasteiger partial charge in [0.25, 0.3) is 0 Å². The van der Waals surface area contributed by atoms with Gasteiger partial charge in [0.2, 0.25) is 0 Å². The minimum Gasteiger partial charge on any atom is -0.380 e. The fourth-order valence-electron chi connectivity index (χ4n) is 1.23. The molecule has 0 fully saturated rings. The van der Waals surface area contributed by atoms with Crippen LogP contribution < -0.4 is 5.32 Å². The van der Waals surface area contributed by atoms with Crippen LogP contribution in [0.5, 0.6) is 0 Å². The van der Waals surface area contributed by atoms with Gasteiger partial charge < -0.3 is 14.6 Å². The van der Waals surface area contributed by atoms with Gasteiger partial charge in [-0.25, -0.2) is 4.98 Å². The highest BCUT2D eigenvalue weighted by Crippen LogP contribution is 1.94. The normalized spacial score (nSPS) is 13.1. The molecule has 1 aromatic heterocycles. The van der Waals surface area contributed by atoms with E-state index >= 15 is 0 Å². The molecule has 0 aliphatic heterocycles. The zero-order valence-corrected chi connectivity index (χ0v) is 9.16. The fourth-order valence-corrected chi connectivity index (χ4v) is 1.23. The maximum absolute atomic E-state index is 5.13. The number of methoxy groups -OCH3 is 1. The summed E-state index contributed by atoms with van der Waals surface area (Å²) in [6, 6.07) is 0. The quantitative estimate of drug-likeness (QED) is 0.678. The molecule has 0 aromatic carbocycles. The third kappa shape index (κ3) is 3.47. The lowest BCUT2D eigenvalue weighted by molar-refractivity contribution is 0.117. The number of aryl methyl sites for hydroxylation is 1. The van der Waals surface area contributed by atoms with Gasteiger partial charge >= 0.3 is 0 Å². The standard InChI is InChI=1S/C10H19N3O/c1-9(14-3)8-11-5-4-10-12-6-7-13(10)2/h6-7,9,11H,4-5,8H2,1-3H3. The van der Waals surface area contributed by atoms with Gasteiger partial charge in [-0.3, -0.25) is 0 Å². The minimum atomic E-state index is 0.274. The summed E-state index contributed by atoms with van der Waals surface area (Å²) >= 11 is 0. The summed E-state index contributed by atoms with van der Waals surface area (Å²) in [6.45, 7) is 3.88. The van der Waals surface area contributed by atoms with E-state index in [2.05, 4.69) is 10.3 Å². The van der Waals surface area contributed by atoms with Crippen molar-refractivity contribution < 1.29 is 4.74 Å². The summed E-state index contributed by atoms with van der Waals surface area (Å²) in [5.74, 6) is 1.11. The van der Waals surface area contributed by atoms with Crippen LogP contribution in [0, 0.1) is 0 Å². The van der Waals surface area contributed by atoms with E-state index in [9.17, 15) is 0 Å². The van der Waals surface area contributed by atoms with E-state index < -0.39 is 0 Å². The lowest BCUT2D eigenvalue weighted by atomic mass is 10.3. The molecule has 80 valence electrons. The molecular weight excluding hydrogens is 178 g/mol. The SMILES string of the molecule is COC(C)CNCCc1nccn1C. The summed E-state index contributed by atoms with van der Waals surface area (Å²) in [6.07, 6.45) is 5.02. The van der Waals surface area contributed by atoms with Crippen LogP contribution in [-0.2, 0) is 18.2 Å². The number of hydrogen-bond acceptors (Lipinski definition) is 3. The Morgan fingerprint density at radius 3 is 3.00 bits per heavy atom. The highest BCUT2D eigenvalue weighted by molar-refractivity contribution is 4.91. The van der Waals surface area contributed by atoms with E-state index in [4.69, 9.17) is 4.74 Å². The third-order valence-electron chi connectivity index (χ3n) is 2.28. The lowest BCUT2D eigenvalue weighted by Gasteiger charge is -2.10. The molecule has 4 heteroatoms. The number of ether oxygens (including phenoxy) is 1. The highest BCUT2D eigenvalue weighted by atomic mass is 16.5. The Hall–Kier alpha value is -0.870. The average Bonchev–Trinajstić information content (AvgIpc) is 2.58. The molecular formula is C10H19N3O. The molecule has 4 nitrogen and oxygen atoms in total.